The summed E-state index contributed by atoms with van der Waals surface area (Å²) in [6.45, 7) is 0. The number of halogens is 2. The molecule has 1 N–H and O–H groups in total. The molecule has 106 valence electrons. The van der Waals surface area contributed by atoms with Crippen molar-refractivity contribution in [1.29, 1.82) is 0 Å². The number of hydrogen-bond acceptors (Lipinski definition) is 6. The van der Waals surface area contributed by atoms with E-state index in [-0.39, 0.29) is 16.8 Å². The van der Waals surface area contributed by atoms with E-state index in [0.717, 1.165) is 0 Å². The Bertz CT molecular complexity index is 623. The fraction of sp³-hybridized carbons (Fsp3) is 0.250. The minimum atomic E-state index is -0.570. The van der Waals surface area contributed by atoms with Gasteiger partial charge in [0.15, 0.2) is 0 Å². The zero-order chi connectivity index (χ0) is 14.7. The van der Waals surface area contributed by atoms with Gasteiger partial charge in [-0.1, -0.05) is 11.6 Å². The second-order valence-corrected chi connectivity index (χ2v) is 4.47. The SMILES string of the molecule is CNc1nc(Oc2ccc(Cl)c(F)c2)nc(N(C)C)n1. The number of nitrogens with one attached hydrogen (secondary N) is 1. The molecule has 20 heavy (non-hydrogen) atoms. The average molecular weight is 298 g/mol. The van der Waals surface area contributed by atoms with Gasteiger partial charge in [-0.2, -0.15) is 15.0 Å². The molecular formula is C12H13ClFN5O. The summed E-state index contributed by atoms with van der Waals surface area (Å²) in [6, 6.07) is 4.17. The minimum absolute atomic E-state index is 0.0258. The van der Waals surface area contributed by atoms with Crippen LogP contribution < -0.4 is 15.0 Å². The minimum Gasteiger partial charge on any atom is -0.424 e. The largest absolute Gasteiger partial charge is 0.424 e. The molecule has 0 fully saturated rings. The van der Waals surface area contributed by atoms with Gasteiger partial charge in [-0.25, -0.2) is 4.39 Å². The Morgan fingerprint density at radius 2 is 2.00 bits per heavy atom. The fourth-order valence-corrected chi connectivity index (χ4v) is 1.47. The van der Waals surface area contributed by atoms with E-state index in [0.29, 0.717) is 11.9 Å². The molecule has 1 heterocycles. The van der Waals surface area contributed by atoms with E-state index in [1.54, 1.807) is 26.0 Å². The summed E-state index contributed by atoms with van der Waals surface area (Å²) in [4.78, 5) is 14.0. The Kier molecular flexibility index (Phi) is 4.19. The molecular weight excluding hydrogens is 285 g/mol. The van der Waals surface area contributed by atoms with E-state index in [1.165, 1.54) is 18.2 Å². The first-order valence-electron chi connectivity index (χ1n) is 5.73. The van der Waals surface area contributed by atoms with Crippen LogP contribution in [0.4, 0.5) is 16.3 Å². The molecule has 0 radical (unpaired) electrons. The van der Waals surface area contributed by atoms with Crippen LogP contribution in [0, 0.1) is 5.82 Å². The Labute approximate surface area is 120 Å². The van der Waals surface area contributed by atoms with E-state index in [4.69, 9.17) is 16.3 Å². The number of aromatic nitrogens is 3. The second kappa shape index (κ2) is 5.87. The number of nitrogens with zero attached hydrogens (tertiary/aromatic N) is 4. The molecule has 6 nitrogen and oxygen atoms in total. The zero-order valence-electron chi connectivity index (χ0n) is 11.2. The standard InChI is InChI=1S/C12H13ClFN5O/c1-15-10-16-11(19(2)3)18-12(17-10)20-7-4-5-8(13)9(14)6-7/h4-6H,1-3H3,(H,15,16,17,18). The van der Waals surface area contributed by atoms with Crippen LogP contribution in [-0.4, -0.2) is 36.1 Å². The summed E-state index contributed by atoms with van der Waals surface area (Å²) in [5.41, 5.74) is 0. The van der Waals surface area contributed by atoms with Gasteiger partial charge in [-0.15, -0.1) is 0 Å². The van der Waals surface area contributed by atoms with Crippen LogP contribution in [-0.2, 0) is 0 Å². The summed E-state index contributed by atoms with van der Waals surface area (Å²) in [7, 11) is 5.27. The lowest BCUT2D eigenvalue weighted by atomic mass is 10.3. The normalized spacial score (nSPS) is 10.2. The van der Waals surface area contributed by atoms with Crippen molar-refractivity contribution >= 4 is 23.5 Å². The molecule has 2 rings (SSSR count). The van der Waals surface area contributed by atoms with E-state index < -0.39 is 5.82 Å². The van der Waals surface area contributed by atoms with Crippen molar-refractivity contribution in [3.05, 3.63) is 29.0 Å². The van der Waals surface area contributed by atoms with Gasteiger partial charge >= 0.3 is 6.01 Å². The Morgan fingerprint density at radius 3 is 2.60 bits per heavy atom. The molecule has 0 aliphatic heterocycles. The van der Waals surface area contributed by atoms with Crippen molar-refractivity contribution in [2.45, 2.75) is 0 Å². The Balaban J connectivity index is 2.32. The molecule has 1 aromatic carbocycles. The first kappa shape index (κ1) is 14.3. The van der Waals surface area contributed by atoms with Crippen LogP contribution in [0.3, 0.4) is 0 Å². The van der Waals surface area contributed by atoms with Crippen molar-refractivity contribution in [2.75, 3.05) is 31.4 Å². The molecule has 0 atom stereocenters. The molecule has 0 saturated carbocycles. The lowest BCUT2D eigenvalue weighted by Crippen LogP contribution is -2.15. The molecule has 2 aromatic rings. The molecule has 1 aromatic heterocycles. The maximum absolute atomic E-state index is 13.3. The highest BCUT2D eigenvalue weighted by atomic mass is 35.5. The quantitative estimate of drug-likeness (QED) is 0.936. The monoisotopic (exact) mass is 297 g/mol. The fourth-order valence-electron chi connectivity index (χ4n) is 1.35. The number of hydrogen-bond donors (Lipinski definition) is 1. The second-order valence-electron chi connectivity index (χ2n) is 4.06. The Morgan fingerprint density at radius 1 is 1.25 bits per heavy atom. The van der Waals surface area contributed by atoms with Crippen molar-refractivity contribution in [2.24, 2.45) is 0 Å². The lowest BCUT2D eigenvalue weighted by molar-refractivity contribution is 0.437. The highest BCUT2D eigenvalue weighted by molar-refractivity contribution is 6.30. The molecule has 8 heteroatoms. The molecule has 0 unspecified atom stereocenters. The van der Waals surface area contributed by atoms with Crippen molar-refractivity contribution in [1.82, 2.24) is 15.0 Å². The van der Waals surface area contributed by atoms with Crippen LogP contribution in [0.5, 0.6) is 11.8 Å². The zero-order valence-corrected chi connectivity index (χ0v) is 11.9. The van der Waals surface area contributed by atoms with E-state index in [9.17, 15) is 4.39 Å². The summed E-state index contributed by atoms with van der Waals surface area (Å²) in [5, 5.41) is 2.83. The molecule has 0 aliphatic rings. The average Bonchev–Trinajstić information content (AvgIpc) is 2.42. The van der Waals surface area contributed by atoms with Crippen LogP contribution in [0.25, 0.3) is 0 Å². The van der Waals surface area contributed by atoms with Crippen LogP contribution in [0.15, 0.2) is 18.2 Å². The van der Waals surface area contributed by atoms with Crippen molar-refractivity contribution in [3.8, 4) is 11.8 Å². The summed E-state index contributed by atoms with van der Waals surface area (Å²) in [6.07, 6.45) is 0. The van der Waals surface area contributed by atoms with Gasteiger partial charge in [-0.05, 0) is 12.1 Å². The molecule has 0 spiro atoms. The molecule has 0 aliphatic carbocycles. The van der Waals surface area contributed by atoms with Crippen LogP contribution in [0.1, 0.15) is 0 Å². The summed E-state index contributed by atoms with van der Waals surface area (Å²) >= 11 is 5.61. The van der Waals surface area contributed by atoms with Gasteiger partial charge < -0.3 is 15.0 Å². The maximum Gasteiger partial charge on any atom is 0.328 e. The predicted octanol–water partition coefficient (Wildman–Crippen LogP) is 2.56. The number of ether oxygens (including phenoxy) is 1. The topological polar surface area (TPSA) is 63.2 Å². The highest BCUT2D eigenvalue weighted by Gasteiger charge is 2.10. The number of rotatable bonds is 4. The third kappa shape index (κ3) is 3.24. The summed E-state index contributed by atoms with van der Waals surface area (Å²) < 4.78 is 18.8. The third-order valence-electron chi connectivity index (χ3n) is 2.33. The number of benzene rings is 1. The van der Waals surface area contributed by atoms with Gasteiger partial charge in [0.05, 0.1) is 5.02 Å². The number of anilines is 2. The smallest absolute Gasteiger partial charge is 0.328 e. The van der Waals surface area contributed by atoms with E-state index in [2.05, 4.69) is 20.3 Å². The Hall–Kier alpha value is -2.15. The predicted molar refractivity (Wildman–Crippen MR) is 75.2 cm³/mol. The van der Waals surface area contributed by atoms with Gasteiger partial charge in [-0.3, -0.25) is 0 Å². The van der Waals surface area contributed by atoms with E-state index in [1.807, 2.05) is 0 Å². The van der Waals surface area contributed by atoms with E-state index >= 15 is 0 Å². The third-order valence-corrected chi connectivity index (χ3v) is 2.63. The highest BCUT2D eigenvalue weighted by Crippen LogP contribution is 2.24. The van der Waals surface area contributed by atoms with Gasteiger partial charge in [0, 0.05) is 27.2 Å². The van der Waals surface area contributed by atoms with Crippen LogP contribution in [0.2, 0.25) is 5.02 Å². The maximum atomic E-state index is 13.3. The van der Waals surface area contributed by atoms with Gasteiger partial charge in [0.2, 0.25) is 11.9 Å². The van der Waals surface area contributed by atoms with Crippen molar-refractivity contribution < 1.29 is 9.13 Å². The molecule has 0 bridgehead atoms. The lowest BCUT2D eigenvalue weighted by Gasteiger charge is -2.12. The van der Waals surface area contributed by atoms with Crippen molar-refractivity contribution in [3.63, 3.8) is 0 Å². The molecule has 0 amide bonds. The first-order chi connectivity index (χ1) is 9.49. The summed E-state index contributed by atoms with van der Waals surface area (Å²) in [5.74, 6) is 0.465. The first-order valence-corrected chi connectivity index (χ1v) is 6.11. The van der Waals surface area contributed by atoms with Gasteiger partial charge in [0.1, 0.15) is 11.6 Å². The molecule has 0 saturated heterocycles. The van der Waals surface area contributed by atoms with Gasteiger partial charge in [0.25, 0.3) is 0 Å². The van der Waals surface area contributed by atoms with Crippen LogP contribution >= 0.6 is 11.6 Å².